The summed E-state index contributed by atoms with van der Waals surface area (Å²) >= 11 is 4.90. The van der Waals surface area contributed by atoms with Gasteiger partial charge in [-0.2, -0.15) is 8.42 Å². The molecular weight excluding hydrogens is 222 g/mol. The predicted molar refractivity (Wildman–Crippen MR) is 56.1 cm³/mol. The van der Waals surface area contributed by atoms with E-state index in [1.165, 1.54) is 6.08 Å². The van der Waals surface area contributed by atoms with E-state index in [2.05, 4.69) is 5.32 Å². The Labute approximate surface area is 86.8 Å². The van der Waals surface area contributed by atoms with Crippen LogP contribution in [0.25, 0.3) is 0 Å². The van der Waals surface area contributed by atoms with E-state index in [0.29, 0.717) is 4.99 Å². The van der Waals surface area contributed by atoms with Crippen LogP contribution in [-0.4, -0.2) is 18.0 Å². The lowest BCUT2D eigenvalue weighted by Gasteiger charge is -2.11. The Kier molecular flexibility index (Phi) is 2.06. The summed E-state index contributed by atoms with van der Waals surface area (Å²) in [7, 11) is -4.08. The van der Waals surface area contributed by atoms with Crippen LogP contribution in [0.5, 0.6) is 0 Å². The summed E-state index contributed by atoms with van der Waals surface area (Å²) < 4.78 is 30.5. The minimum Gasteiger partial charge on any atom is -0.346 e. The first kappa shape index (κ1) is 9.57. The van der Waals surface area contributed by atoms with Crippen molar-refractivity contribution in [1.82, 2.24) is 5.32 Å². The number of fused-ring (bicyclic) bond motifs is 1. The molecular formula is C8H7NO3S2. The van der Waals surface area contributed by atoms with Gasteiger partial charge in [-0.05, 0) is 23.8 Å². The molecule has 2 N–H and O–H groups in total. The van der Waals surface area contributed by atoms with Crippen LogP contribution in [0.15, 0.2) is 34.4 Å². The fraction of sp³-hybridized carbons (Fsp3) is 0.125. The van der Waals surface area contributed by atoms with Gasteiger partial charge in [-0.25, -0.2) is 0 Å². The molecule has 0 bridgehead atoms. The molecule has 6 heteroatoms. The molecule has 14 heavy (non-hydrogen) atoms. The Balaban J connectivity index is 2.41. The molecule has 0 saturated heterocycles. The maximum absolute atomic E-state index is 10.8. The van der Waals surface area contributed by atoms with Crippen LogP contribution >= 0.6 is 12.2 Å². The number of nitrogens with one attached hydrogen (secondary N) is 1. The Morgan fingerprint density at radius 2 is 2.14 bits per heavy atom. The molecule has 0 fully saturated rings. The summed E-state index contributed by atoms with van der Waals surface area (Å²) in [4.78, 5) is 0.565. The standard InChI is InChI=1S/C8H7NO3S2/c10-14(11,12)6-1-2-7-5(3-6)4-8(13)9-7/h1-2,4H,3H2,(H,9,13)(H,10,11,12). The molecule has 0 atom stereocenters. The van der Waals surface area contributed by atoms with Gasteiger partial charge in [-0.15, -0.1) is 0 Å². The molecule has 2 aliphatic rings. The van der Waals surface area contributed by atoms with Crippen LogP contribution < -0.4 is 5.32 Å². The number of rotatable bonds is 1. The van der Waals surface area contributed by atoms with E-state index in [4.69, 9.17) is 16.8 Å². The molecule has 0 spiro atoms. The van der Waals surface area contributed by atoms with Crippen molar-refractivity contribution in [1.29, 1.82) is 0 Å². The number of hydrogen-bond acceptors (Lipinski definition) is 3. The zero-order valence-electron chi connectivity index (χ0n) is 7.02. The highest BCUT2D eigenvalue weighted by Crippen LogP contribution is 2.28. The monoisotopic (exact) mass is 229 g/mol. The van der Waals surface area contributed by atoms with Crippen LogP contribution in [0, 0.1) is 0 Å². The van der Waals surface area contributed by atoms with Crippen LogP contribution in [0.2, 0.25) is 0 Å². The molecule has 0 aromatic carbocycles. The molecule has 0 unspecified atom stereocenters. The third-order valence-corrected chi connectivity index (χ3v) is 3.20. The largest absolute Gasteiger partial charge is 0.346 e. The minimum atomic E-state index is -4.08. The first-order valence-electron chi connectivity index (χ1n) is 3.87. The average Bonchev–Trinajstić information content (AvgIpc) is 2.41. The van der Waals surface area contributed by atoms with Gasteiger partial charge in [0.15, 0.2) is 0 Å². The lowest BCUT2D eigenvalue weighted by molar-refractivity contribution is 0.489. The first-order valence-corrected chi connectivity index (χ1v) is 5.72. The highest BCUT2D eigenvalue weighted by molar-refractivity contribution is 7.89. The molecule has 1 aliphatic heterocycles. The minimum absolute atomic E-state index is 0.000926. The lowest BCUT2D eigenvalue weighted by Crippen LogP contribution is -2.14. The molecule has 0 aromatic rings. The van der Waals surface area contributed by atoms with Gasteiger partial charge < -0.3 is 5.32 Å². The molecule has 74 valence electrons. The van der Waals surface area contributed by atoms with Crippen LogP contribution in [0.3, 0.4) is 0 Å². The summed E-state index contributed by atoms with van der Waals surface area (Å²) in [6, 6.07) is 0. The summed E-state index contributed by atoms with van der Waals surface area (Å²) in [5.74, 6) is 0. The van der Waals surface area contributed by atoms with Gasteiger partial charge in [0.1, 0.15) is 4.99 Å². The maximum Gasteiger partial charge on any atom is 0.290 e. The van der Waals surface area contributed by atoms with E-state index in [9.17, 15) is 8.42 Å². The lowest BCUT2D eigenvalue weighted by atomic mass is 10.1. The zero-order valence-corrected chi connectivity index (χ0v) is 8.65. The van der Waals surface area contributed by atoms with Crippen molar-refractivity contribution in [2.45, 2.75) is 6.42 Å². The number of hydrogen-bond donors (Lipinski definition) is 2. The molecule has 1 aliphatic carbocycles. The van der Waals surface area contributed by atoms with Crippen molar-refractivity contribution in [3.05, 3.63) is 34.4 Å². The molecule has 2 rings (SSSR count). The van der Waals surface area contributed by atoms with E-state index in [1.54, 1.807) is 12.2 Å². The molecule has 1 heterocycles. The van der Waals surface area contributed by atoms with Gasteiger partial charge in [0.25, 0.3) is 10.1 Å². The van der Waals surface area contributed by atoms with E-state index in [1.807, 2.05) is 0 Å². The zero-order chi connectivity index (χ0) is 10.3. The van der Waals surface area contributed by atoms with Crippen molar-refractivity contribution in [3.63, 3.8) is 0 Å². The Morgan fingerprint density at radius 1 is 1.43 bits per heavy atom. The van der Waals surface area contributed by atoms with Crippen molar-refractivity contribution in [2.75, 3.05) is 0 Å². The van der Waals surface area contributed by atoms with Gasteiger partial charge in [0.05, 0.1) is 4.91 Å². The molecule has 4 nitrogen and oxygen atoms in total. The highest BCUT2D eigenvalue weighted by Gasteiger charge is 2.23. The number of allylic oxidation sites excluding steroid dienone is 4. The van der Waals surface area contributed by atoms with Crippen LogP contribution in [0.1, 0.15) is 6.42 Å². The van der Waals surface area contributed by atoms with Gasteiger partial charge in [-0.3, -0.25) is 4.55 Å². The third-order valence-electron chi connectivity index (χ3n) is 2.04. The van der Waals surface area contributed by atoms with Crippen LogP contribution in [-0.2, 0) is 10.1 Å². The second kappa shape index (κ2) is 3.01. The topological polar surface area (TPSA) is 66.4 Å². The van der Waals surface area contributed by atoms with Crippen molar-refractivity contribution >= 4 is 27.3 Å². The Morgan fingerprint density at radius 3 is 2.79 bits per heavy atom. The van der Waals surface area contributed by atoms with Crippen molar-refractivity contribution in [3.8, 4) is 0 Å². The molecule has 0 radical (unpaired) electrons. The van der Waals surface area contributed by atoms with Gasteiger partial charge in [-0.1, -0.05) is 12.2 Å². The highest BCUT2D eigenvalue weighted by atomic mass is 32.2. The maximum atomic E-state index is 10.8. The van der Waals surface area contributed by atoms with Crippen molar-refractivity contribution < 1.29 is 13.0 Å². The third kappa shape index (κ3) is 1.63. The quantitative estimate of drug-likeness (QED) is 0.516. The van der Waals surface area contributed by atoms with Crippen LogP contribution in [0.4, 0.5) is 0 Å². The average molecular weight is 229 g/mol. The summed E-state index contributed by atoms with van der Waals surface area (Å²) in [5, 5.41) is 2.91. The summed E-state index contributed by atoms with van der Waals surface area (Å²) in [6.45, 7) is 0. The Bertz CT molecular complexity index is 497. The second-order valence-electron chi connectivity index (χ2n) is 3.02. The fourth-order valence-electron chi connectivity index (χ4n) is 1.38. The second-order valence-corrected chi connectivity index (χ2v) is 4.94. The normalized spacial score (nSPS) is 20.6. The summed E-state index contributed by atoms with van der Waals surface area (Å²) in [5.41, 5.74) is 1.60. The summed E-state index contributed by atoms with van der Waals surface area (Å²) in [6.07, 6.45) is 4.86. The Hall–Kier alpha value is -0.980. The van der Waals surface area contributed by atoms with E-state index < -0.39 is 10.1 Å². The number of thiocarbonyl (C=S) groups is 1. The van der Waals surface area contributed by atoms with E-state index in [-0.39, 0.29) is 11.3 Å². The smallest absolute Gasteiger partial charge is 0.290 e. The molecule has 0 amide bonds. The molecule has 0 saturated carbocycles. The van der Waals surface area contributed by atoms with Crippen molar-refractivity contribution in [2.24, 2.45) is 0 Å². The predicted octanol–water partition coefficient (Wildman–Crippen LogP) is 0.903. The molecule has 0 aromatic heterocycles. The van der Waals surface area contributed by atoms with E-state index in [0.717, 1.165) is 11.3 Å². The SMILES string of the molecule is O=S(=O)(O)C1=CC=C2NC(=S)C=C2C1. The fourth-order valence-corrected chi connectivity index (χ4v) is 2.21. The van der Waals surface area contributed by atoms with Gasteiger partial charge in [0, 0.05) is 12.1 Å². The van der Waals surface area contributed by atoms with E-state index >= 15 is 0 Å². The van der Waals surface area contributed by atoms with Gasteiger partial charge >= 0.3 is 0 Å². The van der Waals surface area contributed by atoms with Gasteiger partial charge in [0.2, 0.25) is 0 Å². The first-order chi connectivity index (χ1) is 6.47.